The first kappa shape index (κ1) is 16.8. The van der Waals surface area contributed by atoms with Crippen LogP contribution in [0.3, 0.4) is 0 Å². The third kappa shape index (κ3) is 3.24. The fraction of sp³-hybridized carbons (Fsp3) is 0.158. The first-order valence-corrected chi connectivity index (χ1v) is 8.31. The molecule has 4 rings (SSSR count). The van der Waals surface area contributed by atoms with Crippen LogP contribution >= 0.6 is 0 Å². The number of aromatic nitrogens is 3. The molecule has 1 atom stereocenters. The number of rotatable bonds is 4. The Hall–Kier alpha value is -3.68. The van der Waals surface area contributed by atoms with Gasteiger partial charge < -0.3 is 14.8 Å². The van der Waals surface area contributed by atoms with Crippen LogP contribution < -0.4 is 10.1 Å². The molecule has 1 aliphatic heterocycles. The van der Waals surface area contributed by atoms with E-state index >= 15 is 0 Å². The van der Waals surface area contributed by atoms with Crippen molar-refractivity contribution in [3.63, 3.8) is 0 Å². The average Bonchev–Trinajstić information content (AvgIpc) is 3.12. The van der Waals surface area contributed by atoms with Gasteiger partial charge in [0.2, 0.25) is 11.8 Å². The van der Waals surface area contributed by atoms with Gasteiger partial charge >= 0.3 is 5.97 Å². The minimum absolute atomic E-state index is 0.178. The second kappa shape index (κ2) is 6.91. The third-order valence-electron chi connectivity index (χ3n) is 4.32. The van der Waals surface area contributed by atoms with Crippen LogP contribution in [0, 0.1) is 0 Å². The number of pyridine rings is 1. The fourth-order valence-electron chi connectivity index (χ4n) is 3.07. The van der Waals surface area contributed by atoms with Crippen LogP contribution in [0.4, 0.5) is 5.82 Å². The van der Waals surface area contributed by atoms with E-state index in [0.717, 1.165) is 5.56 Å². The van der Waals surface area contributed by atoms with Crippen molar-refractivity contribution in [1.29, 1.82) is 0 Å². The van der Waals surface area contributed by atoms with Crippen LogP contribution in [0.2, 0.25) is 0 Å². The lowest BCUT2D eigenvalue weighted by atomic mass is 9.86. The van der Waals surface area contributed by atoms with Crippen LogP contribution in [-0.2, 0) is 9.53 Å². The number of nitrogens with zero attached hydrogens (tertiary/aromatic N) is 2. The molecular formula is C19H16N4O4. The van der Waals surface area contributed by atoms with Crippen LogP contribution in [0.15, 0.2) is 48.7 Å². The van der Waals surface area contributed by atoms with Gasteiger partial charge in [0.15, 0.2) is 5.82 Å². The summed E-state index contributed by atoms with van der Waals surface area (Å²) < 4.78 is 10.5. The second-order valence-corrected chi connectivity index (χ2v) is 6.00. The molecule has 2 N–H and O–H groups in total. The van der Waals surface area contributed by atoms with E-state index in [1.807, 2.05) is 36.4 Å². The molecule has 1 amide bonds. The number of aromatic amines is 1. The number of benzene rings is 1. The lowest BCUT2D eigenvalue weighted by Crippen LogP contribution is -2.24. The van der Waals surface area contributed by atoms with Gasteiger partial charge in [-0.3, -0.25) is 9.89 Å². The van der Waals surface area contributed by atoms with Crippen molar-refractivity contribution in [2.75, 3.05) is 12.4 Å². The average molecular weight is 364 g/mol. The molecule has 8 nitrogen and oxygen atoms in total. The Morgan fingerprint density at radius 2 is 2.00 bits per heavy atom. The number of anilines is 1. The van der Waals surface area contributed by atoms with Crippen molar-refractivity contribution < 1.29 is 19.1 Å². The summed E-state index contributed by atoms with van der Waals surface area (Å²) in [4.78, 5) is 28.4. The van der Waals surface area contributed by atoms with Crippen LogP contribution in [-0.4, -0.2) is 34.2 Å². The van der Waals surface area contributed by atoms with Gasteiger partial charge in [0.25, 0.3) is 0 Å². The number of ether oxygens (including phenoxy) is 2. The topological polar surface area (TPSA) is 106 Å². The van der Waals surface area contributed by atoms with Gasteiger partial charge in [-0.2, -0.15) is 5.10 Å². The molecule has 1 aliphatic rings. The molecule has 1 aromatic carbocycles. The van der Waals surface area contributed by atoms with Gasteiger partial charge in [0.05, 0.1) is 7.11 Å². The highest BCUT2D eigenvalue weighted by Crippen LogP contribution is 2.38. The predicted octanol–water partition coefficient (Wildman–Crippen LogP) is 2.86. The Kier molecular flexibility index (Phi) is 4.29. The highest BCUT2D eigenvalue weighted by atomic mass is 16.5. The molecule has 0 saturated heterocycles. The summed E-state index contributed by atoms with van der Waals surface area (Å²) in [7, 11) is 1.29. The number of nitrogens with one attached hydrogen (secondary N) is 2. The Balaban J connectivity index is 1.65. The maximum Gasteiger partial charge on any atom is 0.356 e. The highest BCUT2D eigenvalue weighted by Gasteiger charge is 2.34. The summed E-state index contributed by atoms with van der Waals surface area (Å²) in [5.74, 6) is 0.369. The first-order chi connectivity index (χ1) is 13.2. The Labute approximate surface area is 154 Å². The predicted molar refractivity (Wildman–Crippen MR) is 95.8 cm³/mol. The van der Waals surface area contributed by atoms with Crippen LogP contribution in [0.25, 0.3) is 0 Å². The smallest absolute Gasteiger partial charge is 0.356 e. The molecule has 3 heterocycles. The molecule has 0 aliphatic carbocycles. The number of amides is 1. The number of para-hydroxylation sites is 1. The van der Waals surface area contributed by atoms with Crippen LogP contribution in [0.1, 0.15) is 34.0 Å². The quantitative estimate of drug-likeness (QED) is 0.690. The first-order valence-electron chi connectivity index (χ1n) is 8.31. The summed E-state index contributed by atoms with van der Waals surface area (Å²) in [6.07, 6.45) is 1.82. The largest absolute Gasteiger partial charge is 0.464 e. The van der Waals surface area contributed by atoms with Gasteiger partial charge in [0.1, 0.15) is 11.4 Å². The molecule has 2 aromatic heterocycles. The summed E-state index contributed by atoms with van der Waals surface area (Å²) in [5.41, 5.74) is 1.60. The zero-order valence-corrected chi connectivity index (χ0v) is 14.4. The van der Waals surface area contributed by atoms with E-state index in [4.69, 9.17) is 9.47 Å². The van der Waals surface area contributed by atoms with E-state index in [0.29, 0.717) is 23.0 Å². The summed E-state index contributed by atoms with van der Waals surface area (Å²) in [6, 6.07) is 12.9. The van der Waals surface area contributed by atoms with Crippen molar-refractivity contribution in [3.05, 3.63) is 65.5 Å². The zero-order valence-electron chi connectivity index (χ0n) is 14.4. The molecule has 136 valence electrons. The molecule has 0 bridgehead atoms. The van der Waals surface area contributed by atoms with Gasteiger partial charge in [-0.05, 0) is 17.7 Å². The number of esters is 1. The third-order valence-corrected chi connectivity index (χ3v) is 4.32. The molecule has 8 heteroatoms. The molecule has 0 fully saturated rings. The number of methoxy groups -OCH3 is 1. The molecule has 0 radical (unpaired) electrons. The molecule has 0 unspecified atom stereocenters. The lowest BCUT2D eigenvalue weighted by Gasteiger charge is -2.22. The minimum atomic E-state index is -0.540. The van der Waals surface area contributed by atoms with E-state index in [1.54, 1.807) is 12.3 Å². The van der Waals surface area contributed by atoms with E-state index in [-0.39, 0.29) is 23.9 Å². The van der Waals surface area contributed by atoms with Crippen molar-refractivity contribution in [3.8, 4) is 11.6 Å². The Bertz CT molecular complexity index is 983. The highest BCUT2D eigenvalue weighted by molar-refractivity contribution is 5.98. The van der Waals surface area contributed by atoms with Gasteiger partial charge in [0, 0.05) is 30.2 Å². The maximum absolute atomic E-state index is 12.0. The molecule has 3 aromatic rings. The fourth-order valence-corrected chi connectivity index (χ4v) is 3.07. The van der Waals surface area contributed by atoms with Gasteiger partial charge in [-0.15, -0.1) is 0 Å². The number of hydrogen-bond donors (Lipinski definition) is 2. The van der Waals surface area contributed by atoms with Crippen molar-refractivity contribution in [1.82, 2.24) is 15.2 Å². The van der Waals surface area contributed by atoms with E-state index in [1.165, 1.54) is 7.11 Å². The van der Waals surface area contributed by atoms with E-state index in [2.05, 4.69) is 20.5 Å². The Morgan fingerprint density at radius 1 is 1.19 bits per heavy atom. The monoisotopic (exact) mass is 364 g/mol. The van der Waals surface area contributed by atoms with Crippen LogP contribution in [0.5, 0.6) is 11.6 Å². The number of carbonyl (C=O) groups is 2. The number of carbonyl (C=O) groups excluding carboxylic acids is 2. The van der Waals surface area contributed by atoms with Crippen molar-refractivity contribution in [2.24, 2.45) is 0 Å². The Morgan fingerprint density at radius 3 is 2.70 bits per heavy atom. The van der Waals surface area contributed by atoms with Crippen molar-refractivity contribution in [2.45, 2.75) is 12.3 Å². The van der Waals surface area contributed by atoms with Crippen molar-refractivity contribution >= 4 is 17.7 Å². The maximum atomic E-state index is 12.0. The molecule has 27 heavy (non-hydrogen) atoms. The minimum Gasteiger partial charge on any atom is -0.464 e. The standard InChI is InChI=1S/C19H16N4O4/c1-26-19(25)17-16-13(9-14(24)21-18(16)23-22-17)11-7-8-15(20-10-11)27-12-5-3-2-4-6-12/h2-8,10,13H,9H2,1H3,(H2,21,22,23,24)/t13-/m0/s1. The second-order valence-electron chi connectivity index (χ2n) is 6.00. The van der Waals surface area contributed by atoms with E-state index < -0.39 is 5.97 Å². The lowest BCUT2D eigenvalue weighted by molar-refractivity contribution is -0.116. The zero-order chi connectivity index (χ0) is 18.8. The number of H-pyrrole nitrogens is 1. The SMILES string of the molecule is COC(=O)c1[nH]nc2c1[C@H](c1ccc(Oc3ccccc3)nc1)CC(=O)N2. The molecular weight excluding hydrogens is 348 g/mol. The number of hydrogen-bond acceptors (Lipinski definition) is 6. The molecule has 0 spiro atoms. The van der Waals surface area contributed by atoms with Gasteiger partial charge in [-0.1, -0.05) is 24.3 Å². The summed E-state index contributed by atoms with van der Waals surface area (Å²) in [6.45, 7) is 0. The summed E-state index contributed by atoms with van der Waals surface area (Å²) in [5, 5.41) is 9.34. The normalized spacial score (nSPS) is 15.6. The number of fused-ring (bicyclic) bond motifs is 1. The van der Waals surface area contributed by atoms with Gasteiger partial charge in [-0.25, -0.2) is 9.78 Å². The van der Waals surface area contributed by atoms with E-state index in [9.17, 15) is 9.59 Å². The summed E-state index contributed by atoms with van der Waals surface area (Å²) >= 11 is 0. The molecule has 0 saturated carbocycles.